The highest BCUT2D eigenvalue weighted by molar-refractivity contribution is 5.78. The third kappa shape index (κ3) is 5.25. The van der Waals surface area contributed by atoms with Crippen LogP contribution in [-0.2, 0) is 29.0 Å². The highest BCUT2D eigenvalue weighted by Crippen LogP contribution is 2.48. The number of nitrogens with one attached hydrogen (secondary N) is 1. The van der Waals surface area contributed by atoms with Crippen LogP contribution in [0, 0.1) is 12.3 Å². The summed E-state index contributed by atoms with van der Waals surface area (Å²) in [7, 11) is 1.58. The molecule has 0 aliphatic heterocycles. The number of aromatic nitrogens is 1. The molecule has 1 aliphatic carbocycles. The van der Waals surface area contributed by atoms with Crippen molar-refractivity contribution in [2.45, 2.75) is 45.6 Å². The molecule has 7 heteroatoms. The van der Waals surface area contributed by atoms with E-state index in [1.807, 2.05) is 55.5 Å². The van der Waals surface area contributed by atoms with Crippen LogP contribution in [0.15, 0.2) is 52.9 Å². The van der Waals surface area contributed by atoms with Gasteiger partial charge in [-0.2, -0.15) is 0 Å². The molecule has 1 fully saturated rings. The number of rotatable bonds is 10. The molecule has 0 unspecified atom stereocenters. The largest absolute Gasteiger partial charge is 0.496 e. The number of amides is 1. The number of hydrogen-bond donors (Lipinski definition) is 2. The lowest BCUT2D eigenvalue weighted by molar-refractivity contribution is -0.143. The first-order valence-electron chi connectivity index (χ1n) is 11.1. The molecule has 0 radical (unpaired) electrons. The number of ether oxygens (including phenoxy) is 1. The number of carbonyl (C=O) groups is 2. The van der Waals surface area contributed by atoms with Gasteiger partial charge in [-0.05, 0) is 49.9 Å². The standard InChI is InChI=1S/C26H28N2O5/c1-17-21(28-24(33-17)19-6-4-3-5-7-19)9-11-23(29)27-16-20-14-18(8-10-22(20)32-2)15-26(12-13-26)25(30)31/h3-8,10,14H,9,11-13,15-16H2,1-2H3,(H,27,29)(H,30,31). The molecule has 0 saturated heterocycles. The third-order valence-electron chi connectivity index (χ3n) is 6.17. The van der Waals surface area contributed by atoms with E-state index in [1.165, 1.54) is 0 Å². The van der Waals surface area contributed by atoms with E-state index in [-0.39, 0.29) is 12.3 Å². The number of aryl methyl sites for hydroxylation is 2. The number of carboxylic acids is 1. The Balaban J connectivity index is 1.35. The van der Waals surface area contributed by atoms with Crippen LogP contribution < -0.4 is 10.1 Å². The molecule has 1 aromatic heterocycles. The lowest BCUT2D eigenvalue weighted by Crippen LogP contribution is -2.23. The minimum atomic E-state index is -0.744. The molecule has 0 bridgehead atoms. The van der Waals surface area contributed by atoms with Crippen molar-refractivity contribution >= 4 is 11.9 Å². The minimum absolute atomic E-state index is 0.102. The quantitative estimate of drug-likeness (QED) is 0.479. The van der Waals surface area contributed by atoms with E-state index in [2.05, 4.69) is 10.3 Å². The Bertz CT molecular complexity index is 1150. The first-order chi connectivity index (χ1) is 15.9. The number of carbonyl (C=O) groups excluding carboxylic acids is 1. The molecule has 1 heterocycles. The predicted octanol–water partition coefficient (Wildman–Crippen LogP) is 4.31. The van der Waals surface area contributed by atoms with Crippen molar-refractivity contribution in [3.63, 3.8) is 0 Å². The third-order valence-corrected chi connectivity index (χ3v) is 6.17. The van der Waals surface area contributed by atoms with Crippen LogP contribution in [0.3, 0.4) is 0 Å². The van der Waals surface area contributed by atoms with Gasteiger partial charge < -0.3 is 19.6 Å². The van der Waals surface area contributed by atoms with Gasteiger partial charge >= 0.3 is 5.97 Å². The number of methoxy groups -OCH3 is 1. The summed E-state index contributed by atoms with van der Waals surface area (Å²) in [5.74, 6) is 1.09. The molecule has 1 saturated carbocycles. The number of nitrogens with zero attached hydrogens (tertiary/aromatic N) is 1. The molecule has 0 spiro atoms. The summed E-state index contributed by atoms with van der Waals surface area (Å²) in [5, 5.41) is 12.4. The van der Waals surface area contributed by atoms with Gasteiger partial charge in [0.1, 0.15) is 11.5 Å². The molecular weight excluding hydrogens is 420 g/mol. The summed E-state index contributed by atoms with van der Waals surface area (Å²) in [6.45, 7) is 2.16. The normalized spacial score (nSPS) is 14.0. The molecule has 2 aromatic carbocycles. The molecule has 4 rings (SSSR count). The van der Waals surface area contributed by atoms with Crippen molar-refractivity contribution in [1.82, 2.24) is 10.3 Å². The highest BCUT2D eigenvalue weighted by Gasteiger charge is 2.49. The second kappa shape index (κ2) is 9.48. The molecule has 33 heavy (non-hydrogen) atoms. The van der Waals surface area contributed by atoms with Crippen molar-refractivity contribution < 1.29 is 23.8 Å². The first kappa shape index (κ1) is 22.6. The molecule has 0 atom stereocenters. The first-order valence-corrected chi connectivity index (χ1v) is 11.1. The van der Waals surface area contributed by atoms with Gasteiger partial charge in [0.05, 0.1) is 18.2 Å². The van der Waals surface area contributed by atoms with E-state index in [0.717, 1.165) is 22.4 Å². The molecule has 7 nitrogen and oxygen atoms in total. The van der Waals surface area contributed by atoms with Crippen LogP contribution in [0.1, 0.15) is 41.8 Å². The van der Waals surface area contributed by atoms with E-state index in [1.54, 1.807) is 7.11 Å². The fourth-order valence-electron chi connectivity index (χ4n) is 3.97. The van der Waals surface area contributed by atoms with E-state index < -0.39 is 11.4 Å². The zero-order valence-electron chi connectivity index (χ0n) is 18.9. The second-order valence-corrected chi connectivity index (χ2v) is 8.57. The minimum Gasteiger partial charge on any atom is -0.496 e. The van der Waals surface area contributed by atoms with Crippen molar-refractivity contribution in [2.75, 3.05) is 7.11 Å². The number of hydrogen-bond acceptors (Lipinski definition) is 5. The van der Waals surface area contributed by atoms with Gasteiger partial charge in [-0.25, -0.2) is 4.98 Å². The van der Waals surface area contributed by atoms with E-state index >= 15 is 0 Å². The fraction of sp³-hybridized carbons (Fsp3) is 0.346. The molecule has 172 valence electrons. The van der Waals surface area contributed by atoms with Crippen LogP contribution in [0.5, 0.6) is 5.75 Å². The van der Waals surface area contributed by atoms with Crippen LogP contribution in [0.25, 0.3) is 11.5 Å². The summed E-state index contributed by atoms with van der Waals surface area (Å²) >= 11 is 0. The van der Waals surface area contributed by atoms with Gasteiger partial charge in [0.2, 0.25) is 11.8 Å². The lowest BCUT2D eigenvalue weighted by atomic mass is 9.95. The van der Waals surface area contributed by atoms with Gasteiger partial charge in [0, 0.05) is 30.5 Å². The number of carboxylic acid groups (broad SMARTS) is 1. The molecule has 1 aliphatic rings. The Morgan fingerprint density at radius 3 is 2.61 bits per heavy atom. The van der Waals surface area contributed by atoms with Crippen LogP contribution in [0.2, 0.25) is 0 Å². The Morgan fingerprint density at radius 1 is 1.18 bits per heavy atom. The monoisotopic (exact) mass is 448 g/mol. The second-order valence-electron chi connectivity index (χ2n) is 8.57. The van der Waals surface area contributed by atoms with E-state index in [0.29, 0.717) is 49.6 Å². The average molecular weight is 449 g/mol. The Labute approximate surface area is 192 Å². The molecule has 1 amide bonds. The predicted molar refractivity (Wildman–Crippen MR) is 123 cm³/mol. The van der Waals surface area contributed by atoms with Gasteiger partial charge in [-0.3, -0.25) is 9.59 Å². The Hall–Kier alpha value is -3.61. The molecule has 3 aromatic rings. The van der Waals surface area contributed by atoms with Crippen molar-refractivity contribution in [1.29, 1.82) is 0 Å². The number of oxazole rings is 1. The Kier molecular flexibility index (Phi) is 6.49. The molecular formula is C26H28N2O5. The summed E-state index contributed by atoms with van der Waals surface area (Å²) in [5.41, 5.74) is 2.80. The van der Waals surface area contributed by atoms with Crippen molar-refractivity contribution in [2.24, 2.45) is 5.41 Å². The zero-order chi connectivity index (χ0) is 23.4. The summed E-state index contributed by atoms with van der Waals surface area (Å²) in [6, 6.07) is 15.3. The summed E-state index contributed by atoms with van der Waals surface area (Å²) < 4.78 is 11.2. The van der Waals surface area contributed by atoms with Gasteiger partial charge in [-0.1, -0.05) is 30.3 Å². The van der Waals surface area contributed by atoms with Gasteiger partial charge in [-0.15, -0.1) is 0 Å². The Morgan fingerprint density at radius 2 is 1.94 bits per heavy atom. The van der Waals surface area contributed by atoms with Crippen molar-refractivity contribution in [3.8, 4) is 17.2 Å². The van der Waals surface area contributed by atoms with Crippen molar-refractivity contribution in [3.05, 3.63) is 71.1 Å². The van der Waals surface area contributed by atoms with Crippen LogP contribution in [0.4, 0.5) is 0 Å². The van der Waals surface area contributed by atoms with E-state index in [4.69, 9.17) is 9.15 Å². The fourth-order valence-corrected chi connectivity index (χ4v) is 3.97. The SMILES string of the molecule is COc1ccc(CC2(C(=O)O)CC2)cc1CNC(=O)CCc1nc(-c2ccccc2)oc1C. The zero-order valence-corrected chi connectivity index (χ0v) is 18.9. The number of aliphatic carboxylic acids is 1. The summed E-state index contributed by atoms with van der Waals surface area (Å²) in [4.78, 5) is 28.6. The summed E-state index contributed by atoms with van der Waals surface area (Å²) in [6.07, 6.45) is 2.66. The van der Waals surface area contributed by atoms with Crippen LogP contribution >= 0.6 is 0 Å². The maximum Gasteiger partial charge on any atom is 0.309 e. The van der Waals surface area contributed by atoms with Crippen LogP contribution in [-0.4, -0.2) is 29.1 Å². The maximum atomic E-state index is 12.5. The lowest BCUT2D eigenvalue weighted by Gasteiger charge is -2.14. The molecule has 2 N–H and O–H groups in total. The van der Waals surface area contributed by atoms with Gasteiger partial charge in [0.15, 0.2) is 0 Å². The average Bonchev–Trinajstić information content (AvgIpc) is 3.51. The topological polar surface area (TPSA) is 102 Å². The smallest absolute Gasteiger partial charge is 0.309 e. The maximum absolute atomic E-state index is 12.5. The number of benzene rings is 2. The van der Waals surface area contributed by atoms with E-state index in [9.17, 15) is 14.7 Å². The highest BCUT2D eigenvalue weighted by atomic mass is 16.5. The van der Waals surface area contributed by atoms with Gasteiger partial charge in [0.25, 0.3) is 0 Å².